The van der Waals surface area contributed by atoms with Crippen LogP contribution in [0.5, 0.6) is 0 Å². The normalized spacial score (nSPS) is 13.1. The number of pyridine rings is 1. The van der Waals surface area contributed by atoms with E-state index in [4.69, 9.17) is 4.52 Å². The third kappa shape index (κ3) is 5.89. The second kappa shape index (κ2) is 11.3. The van der Waals surface area contributed by atoms with Gasteiger partial charge in [0, 0.05) is 41.4 Å². The van der Waals surface area contributed by atoms with Crippen LogP contribution in [-0.2, 0) is 24.4 Å². The van der Waals surface area contributed by atoms with Crippen molar-refractivity contribution in [2.75, 3.05) is 17.4 Å². The molecule has 44 heavy (non-hydrogen) atoms. The van der Waals surface area contributed by atoms with E-state index in [0.29, 0.717) is 22.5 Å². The second-order valence-corrected chi connectivity index (χ2v) is 16.0. The molecule has 5 rings (SSSR count). The van der Waals surface area contributed by atoms with Gasteiger partial charge in [0.15, 0.2) is 25.4 Å². The fourth-order valence-electron chi connectivity index (χ4n) is 5.05. The summed E-state index contributed by atoms with van der Waals surface area (Å²) in [6, 6.07) is 22.2. The van der Waals surface area contributed by atoms with Crippen molar-refractivity contribution in [1.82, 2.24) is 10.1 Å². The van der Waals surface area contributed by atoms with Crippen molar-refractivity contribution in [3.63, 3.8) is 0 Å². The number of rotatable bonds is 8. The topological polar surface area (TPSA) is 128 Å². The first-order valence-corrected chi connectivity index (χ1v) is 17.6. The Morgan fingerprint density at radius 1 is 0.909 bits per heavy atom. The lowest BCUT2D eigenvalue weighted by Crippen LogP contribution is -2.34. The molecule has 0 aliphatic carbocycles. The van der Waals surface area contributed by atoms with E-state index in [0.717, 1.165) is 28.3 Å². The van der Waals surface area contributed by atoms with Crippen LogP contribution in [0, 0.1) is 6.92 Å². The number of carbonyl (C=O) groups excluding carboxylic acids is 1. The van der Waals surface area contributed by atoms with Crippen LogP contribution in [-0.4, -0.2) is 45.4 Å². The van der Waals surface area contributed by atoms with Gasteiger partial charge in [0.2, 0.25) is 0 Å². The SMILES string of the molecule is Cc1cc(C(=O)N(c2ccc(S(C)(=O)=O)cc2)C(C)c2cccc(-c3cc(C(C)(C)S(C)(=O)=O)cc4cccnc34)c2)no1. The molecule has 228 valence electrons. The molecule has 11 heteroatoms. The number of fused-ring (bicyclic) bond motifs is 1. The Morgan fingerprint density at radius 2 is 1.61 bits per heavy atom. The quantitative estimate of drug-likeness (QED) is 0.196. The predicted octanol–water partition coefficient (Wildman–Crippen LogP) is 6.29. The zero-order valence-electron chi connectivity index (χ0n) is 25.3. The van der Waals surface area contributed by atoms with Crippen molar-refractivity contribution in [2.45, 2.75) is 43.4 Å². The molecule has 1 amide bonds. The van der Waals surface area contributed by atoms with Crippen LogP contribution >= 0.6 is 0 Å². The number of anilines is 1. The van der Waals surface area contributed by atoms with Crippen LogP contribution in [0.4, 0.5) is 5.69 Å². The van der Waals surface area contributed by atoms with Gasteiger partial charge in [-0.05, 0) is 92.9 Å². The van der Waals surface area contributed by atoms with Gasteiger partial charge in [0.25, 0.3) is 5.91 Å². The van der Waals surface area contributed by atoms with Gasteiger partial charge in [-0.15, -0.1) is 0 Å². The Hall–Kier alpha value is -4.35. The molecular formula is C33H33N3O6S2. The first-order chi connectivity index (χ1) is 20.6. The Balaban J connectivity index is 1.64. The van der Waals surface area contributed by atoms with Crippen LogP contribution in [0.3, 0.4) is 0 Å². The highest BCUT2D eigenvalue weighted by Gasteiger charge is 2.33. The molecule has 3 aromatic carbocycles. The summed E-state index contributed by atoms with van der Waals surface area (Å²) in [4.78, 5) is 20.1. The average molecular weight is 632 g/mol. The third-order valence-electron chi connectivity index (χ3n) is 8.00. The highest BCUT2D eigenvalue weighted by molar-refractivity contribution is 7.91. The number of benzene rings is 3. The van der Waals surface area contributed by atoms with Crippen molar-refractivity contribution in [3.05, 3.63) is 108 Å². The smallest absolute Gasteiger partial charge is 0.281 e. The zero-order chi connectivity index (χ0) is 32.0. The van der Waals surface area contributed by atoms with Gasteiger partial charge < -0.3 is 4.52 Å². The van der Waals surface area contributed by atoms with E-state index in [9.17, 15) is 21.6 Å². The molecule has 0 spiro atoms. The minimum Gasteiger partial charge on any atom is -0.361 e. The summed E-state index contributed by atoms with van der Waals surface area (Å²) in [5.41, 5.74) is 4.27. The van der Waals surface area contributed by atoms with Gasteiger partial charge in [-0.25, -0.2) is 16.8 Å². The van der Waals surface area contributed by atoms with Crippen molar-refractivity contribution >= 4 is 42.2 Å². The number of amides is 1. The van der Waals surface area contributed by atoms with Crippen molar-refractivity contribution in [2.24, 2.45) is 0 Å². The molecule has 1 unspecified atom stereocenters. The summed E-state index contributed by atoms with van der Waals surface area (Å²) in [5, 5.41) is 4.73. The lowest BCUT2D eigenvalue weighted by molar-refractivity contribution is 0.0969. The molecule has 0 radical (unpaired) electrons. The lowest BCUT2D eigenvalue weighted by Gasteiger charge is -2.29. The maximum absolute atomic E-state index is 13.9. The fraction of sp³-hybridized carbons (Fsp3) is 0.242. The molecular weight excluding hydrogens is 599 g/mol. The minimum absolute atomic E-state index is 0.114. The summed E-state index contributed by atoms with van der Waals surface area (Å²) >= 11 is 0. The van der Waals surface area contributed by atoms with Crippen LogP contribution < -0.4 is 4.90 Å². The Bertz CT molecular complexity index is 2100. The van der Waals surface area contributed by atoms with E-state index < -0.39 is 36.4 Å². The highest BCUT2D eigenvalue weighted by Crippen LogP contribution is 2.38. The van der Waals surface area contributed by atoms with Gasteiger partial charge in [0.1, 0.15) is 5.76 Å². The Morgan fingerprint density at radius 3 is 2.23 bits per heavy atom. The van der Waals surface area contributed by atoms with Gasteiger partial charge in [-0.3, -0.25) is 14.7 Å². The van der Waals surface area contributed by atoms with Gasteiger partial charge in [-0.1, -0.05) is 29.4 Å². The number of aromatic nitrogens is 2. The molecule has 0 aliphatic heterocycles. The monoisotopic (exact) mass is 631 g/mol. The minimum atomic E-state index is -3.45. The zero-order valence-corrected chi connectivity index (χ0v) is 26.9. The van der Waals surface area contributed by atoms with Crippen LogP contribution in [0.15, 0.2) is 94.5 Å². The standard InChI is InChI=1S/C33H33N3O6S2/c1-21-17-30(35-42-21)32(37)36(27-12-14-28(15-13-27)43(5,38)39)22(2)23-9-7-10-24(18-23)29-20-26(33(3,4)44(6,40)41)19-25-11-8-16-34-31(25)29/h7-20,22H,1-6H3. The second-order valence-electron chi connectivity index (χ2n) is 11.4. The number of hydrogen-bond acceptors (Lipinski definition) is 8. The third-order valence-corrected chi connectivity index (χ3v) is 11.2. The summed E-state index contributed by atoms with van der Waals surface area (Å²) < 4.78 is 53.7. The lowest BCUT2D eigenvalue weighted by atomic mass is 9.92. The van der Waals surface area contributed by atoms with Crippen LogP contribution in [0.1, 0.15) is 54.2 Å². The summed E-state index contributed by atoms with van der Waals surface area (Å²) in [6.07, 6.45) is 4.05. The maximum Gasteiger partial charge on any atom is 0.281 e. The van der Waals surface area contributed by atoms with Gasteiger partial charge in [-0.2, -0.15) is 0 Å². The van der Waals surface area contributed by atoms with Crippen LogP contribution in [0.2, 0.25) is 0 Å². The molecule has 1 atom stereocenters. The molecule has 2 aromatic heterocycles. The highest BCUT2D eigenvalue weighted by atomic mass is 32.2. The van der Waals surface area contributed by atoms with E-state index in [1.54, 1.807) is 50.1 Å². The van der Waals surface area contributed by atoms with Gasteiger partial charge in [0.05, 0.1) is 21.2 Å². The molecule has 0 aliphatic rings. The molecule has 5 aromatic rings. The van der Waals surface area contributed by atoms with E-state index in [1.807, 2.05) is 55.5 Å². The van der Waals surface area contributed by atoms with E-state index in [1.165, 1.54) is 18.4 Å². The molecule has 0 bridgehead atoms. The van der Waals surface area contributed by atoms with Crippen LogP contribution in [0.25, 0.3) is 22.0 Å². The molecule has 2 heterocycles. The molecule has 0 fully saturated rings. The Labute approximate surface area is 257 Å². The summed E-state index contributed by atoms with van der Waals surface area (Å²) in [7, 11) is -6.89. The van der Waals surface area contributed by atoms with E-state index in [-0.39, 0.29) is 10.6 Å². The number of aryl methyl sites for hydroxylation is 1. The molecule has 0 saturated heterocycles. The average Bonchev–Trinajstić information content (AvgIpc) is 3.42. The first-order valence-electron chi connectivity index (χ1n) is 13.8. The van der Waals surface area contributed by atoms with Crippen molar-refractivity contribution in [1.29, 1.82) is 0 Å². The predicted molar refractivity (Wildman–Crippen MR) is 171 cm³/mol. The molecule has 9 nitrogen and oxygen atoms in total. The van der Waals surface area contributed by atoms with E-state index in [2.05, 4.69) is 10.1 Å². The van der Waals surface area contributed by atoms with E-state index >= 15 is 0 Å². The van der Waals surface area contributed by atoms with Crippen molar-refractivity contribution < 1.29 is 26.2 Å². The Kier molecular flexibility index (Phi) is 7.98. The molecule has 0 N–H and O–H groups in total. The molecule has 0 saturated carbocycles. The summed E-state index contributed by atoms with van der Waals surface area (Å²) in [5.74, 6) is 0.0579. The van der Waals surface area contributed by atoms with Gasteiger partial charge >= 0.3 is 0 Å². The number of carbonyl (C=O) groups is 1. The number of sulfone groups is 2. The summed E-state index contributed by atoms with van der Waals surface area (Å²) in [6.45, 7) is 6.94. The largest absolute Gasteiger partial charge is 0.361 e. The van der Waals surface area contributed by atoms with Crippen molar-refractivity contribution in [3.8, 4) is 11.1 Å². The first kappa shape index (κ1) is 31.1. The maximum atomic E-state index is 13.9. The number of hydrogen-bond donors (Lipinski definition) is 0. The number of nitrogens with zero attached hydrogens (tertiary/aromatic N) is 3. The fourth-order valence-corrected chi connectivity index (χ4v) is 6.23.